The minimum atomic E-state index is 0.264. The lowest BCUT2D eigenvalue weighted by Gasteiger charge is -2.17. The molecular weight excluding hydrogens is 454 g/mol. The minimum Gasteiger partial charge on any atom is -0.508 e. The van der Waals surface area contributed by atoms with Crippen LogP contribution in [0.15, 0.2) is 70.7 Å². The van der Waals surface area contributed by atoms with Crippen LogP contribution >= 0.6 is 11.8 Å². The molecule has 1 fully saturated rings. The number of benzene rings is 2. The van der Waals surface area contributed by atoms with Gasteiger partial charge in [0, 0.05) is 27.7 Å². The first-order chi connectivity index (χ1) is 17.0. The van der Waals surface area contributed by atoms with E-state index in [0.717, 1.165) is 50.5 Å². The van der Waals surface area contributed by atoms with Crippen molar-refractivity contribution in [3.05, 3.63) is 66.6 Å². The van der Waals surface area contributed by atoms with Crippen LogP contribution in [0.2, 0.25) is 0 Å². The Morgan fingerprint density at radius 2 is 1.80 bits per heavy atom. The average molecular weight is 486 g/mol. The van der Waals surface area contributed by atoms with Crippen LogP contribution in [0.3, 0.4) is 0 Å². The number of aromatic hydroxyl groups is 1. The Morgan fingerprint density at radius 1 is 1.00 bits per heavy atom. The summed E-state index contributed by atoms with van der Waals surface area (Å²) >= 11 is 1.65. The molecule has 0 saturated heterocycles. The standard InChI is InChI=1S/C28H31N5OS/c1-18(2)24-13-12-23-27(32-24)30-17-31-28(23)33-25-15-20(29-16-19-5-3-4-6-19)7-14-26(25)35-22-10-8-21(34)9-11-22/h7-15,17-19,29,34H,3-6,16H2,1-2H3,(H,30,31,32,33). The van der Waals surface area contributed by atoms with Crippen molar-refractivity contribution in [3.8, 4) is 5.75 Å². The summed E-state index contributed by atoms with van der Waals surface area (Å²) in [6.45, 7) is 5.26. The highest BCUT2D eigenvalue weighted by molar-refractivity contribution is 7.99. The Balaban J connectivity index is 1.46. The van der Waals surface area contributed by atoms with Gasteiger partial charge in [-0.2, -0.15) is 0 Å². The maximum atomic E-state index is 9.66. The molecule has 3 N–H and O–H groups in total. The highest BCUT2D eigenvalue weighted by Crippen LogP contribution is 2.38. The molecular formula is C28H31N5OS. The van der Waals surface area contributed by atoms with Crippen molar-refractivity contribution in [2.45, 2.75) is 55.2 Å². The monoisotopic (exact) mass is 485 g/mol. The van der Waals surface area contributed by atoms with Gasteiger partial charge in [0.2, 0.25) is 0 Å². The maximum Gasteiger partial charge on any atom is 0.164 e. The Morgan fingerprint density at radius 3 is 2.57 bits per heavy atom. The number of hydrogen-bond donors (Lipinski definition) is 3. The van der Waals surface area contributed by atoms with E-state index in [1.807, 2.05) is 18.2 Å². The molecule has 6 nitrogen and oxygen atoms in total. The van der Waals surface area contributed by atoms with E-state index < -0.39 is 0 Å². The first-order valence-electron chi connectivity index (χ1n) is 12.3. The van der Waals surface area contributed by atoms with E-state index in [0.29, 0.717) is 11.6 Å². The second-order valence-corrected chi connectivity index (χ2v) is 10.6. The number of rotatable bonds is 8. The van der Waals surface area contributed by atoms with E-state index in [4.69, 9.17) is 4.98 Å². The van der Waals surface area contributed by atoms with Crippen molar-refractivity contribution in [1.29, 1.82) is 0 Å². The Kier molecular flexibility index (Phi) is 7.04. The zero-order valence-corrected chi connectivity index (χ0v) is 21.0. The number of pyridine rings is 1. The predicted molar refractivity (Wildman–Crippen MR) is 144 cm³/mol. The molecule has 4 aromatic rings. The van der Waals surface area contributed by atoms with Crippen molar-refractivity contribution in [2.75, 3.05) is 17.2 Å². The molecule has 0 radical (unpaired) electrons. The normalized spacial score (nSPS) is 14.0. The number of phenolic OH excluding ortho intramolecular Hbond substituents is 1. The van der Waals surface area contributed by atoms with Crippen molar-refractivity contribution in [2.24, 2.45) is 5.92 Å². The van der Waals surface area contributed by atoms with E-state index in [1.54, 1.807) is 30.2 Å². The van der Waals surface area contributed by atoms with Gasteiger partial charge in [-0.3, -0.25) is 0 Å². The summed E-state index contributed by atoms with van der Waals surface area (Å²) in [5.41, 5.74) is 3.77. The Labute approximate surface area is 210 Å². The first-order valence-corrected chi connectivity index (χ1v) is 13.1. The van der Waals surface area contributed by atoms with Crippen LogP contribution in [0.4, 0.5) is 17.2 Å². The number of aromatic nitrogens is 3. The van der Waals surface area contributed by atoms with E-state index in [-0.39, 0.29) is 5.75 Å². The minimum absolute atomic E-state index is 0.264. The van der Waals surface area contributed by atoms with Gasteiger partial charge in [-0.05, 0) is 79.3 Å². The van der Waals surface area contributed by atoms with Gasteiger partial charge in [0.05, 0.1) is 11.1 Å². The number of hydrogen-bond acceptors (Lipinski definition) is 7. The van der Waals surface area contributed by atoms with Crippen molar-refractivity contribution in [3.63, 3.8) is 0 Å². The second-order valence-electron chi connectivity index (χ2n) is 9.45. The molecule has 1 aliphatic rings. The fraction of sp³-hybridized carbons (Fsp3) is 0.321. The third-order valence-electron chi connectivity index (χ3n) is 6.48. The summed E-state index contributed by atoms with van der Waals surface area (Å²) < 4.78 is 0. The molecule has 2 heterocycles. The summed E-state index contributed by atoms with van der Waals surface area (Å²) in [6, 6.07) is 17.8. The van der Waals surface area contributed by atoms with Crippen molar-refractivity contribution < 1.29 is 5.11 Å². The van der Waals surface area contributed by atoms with Gasteiger partial charge in [-0.25, -0.2) is 15.0 Å². The molecule has 0 bridgehead atoms. The van der Waals surface area contributed by atoms with Gasteiger partial charge in [0.25, 0.3) is 0 Å². The smallest absolute Gasteiger partial charge is 0.164 e. The van der Waals surface area contributed by atoms with Crippen LogP contribution in [0.25, 0.3) is 11.0 Å². The fourth-order valence-electron chi connectivity index (χ4n) is 4.45. The summed E-state index contributed by atoms with van der Waals surface area (Å²) in [4.78, 5) is 15.8. The van der Waals surface area contributed by atoms with Gasteiger partial charge in [0.1, 0.15) is 17.9 Å². The van der Waals surface area contributed by atoms with Crippen LogP contribution in [0.1, 0.15) is 51.1 Å². The van der Waals surface area contributed by atoms with Gasteiger partial charge in [-0.1, -0.05) is 38.5 Å². The Bertz CT molecular complexity index is 1300. The van der Waals surface area contributed by atoms with E-state index in [1.165, 1.54) is 25.7 Å². The van der Waals surface area contributed by atoms with E-state index in [2.05, 4.69) is 58.7 Å². The quantitative estimate of drug-likeness (QED) is 0.241. The van der Waals surface area contributed by atoms with Crippen LogP contribution in [0, 0.1) is 5.92 Å². The molecule has 35 heavy (non-hydrogen) atoms. The molecule has 0 aliphatic heterocycles. The summed E-state index contributed by atoms with van der Waals surface area (Å²) in [5.74, 6) is 2.09. The fourth-order valence-corrected chi connectivity index (χ4v) is 5.33. The summed E-state index contributed by atoms with van der Waals surface area (Å²) in [5, 5.41) is 17.8. The lowest BCUT2D eigenvalue weighted by Crippen LogP contribution is -2.11. The molecule has 0 spiro atoms. The molecule has 1 saturated carbocycles. The van der Waals surface area contributed by atoms with Gasteiger partial charge < -0.3 is 15.7 Å². The zero-order chi connectivity index (χ0) is 24.2. The van der Waals surface area contributed by atoms with Crippen molar-refractivity contribution in [1.82, 2.24) is 15.0 Å². The number of nitrogens with zero attached hydrogens (tertiary/aromatic N) is 3. The molecule has 180 valence electrons. The number of anilines is 3. The molecule has 0 unspecified atom stereocenters. The summed E-state index contributed by atoms with van der Waals surface area (Å²) in [6.07, 6.45) is 6.87. The lowest BCUT2D eigenvalue weighted by molar-refractivity contribution is 0.475. The summed E-state index contributed by atoms with van der Waals surface area (Å²) in [7, 11) is 0. The third kappa shape index (κ3) is 5.68. The molecule has 5 rings (SSSR count). The molecule has 1 aliphatic carbocycles. The topological polar surface area (TPSA) is 83.0 Å². The maximum absolute atomic E-state index is 9.66. The van der Waals surface area contributed by atoms with Crippen LogP contribution in [-0.4, -0.2) is 26.6 Å². The molecule has 2 aromatic heterocycles. The van der Waals surface area contributed by atoms with E-state index in [9.17, 15) is 5.11 Å². The van der Waals surface area contributed by atoms with E-state index >= 15 is 0 Å². The zero-order valence-electron chi connectivity index (χ0n) is 20.2. The number of fused-ring (bicyclic) bond motifs is 1. The third-order valence-corrected chi connectivity index (χ3v) is 7.56. The largest absolute Gasteiger partial charge is 0.508 e. The molecule has 7 heteroatoms. The molecule has 0 amide bonds. The molecule has 0 atom stereocenters. The van der Waals surface area contributed by atoms with Gasteiger partial charge >= 0.3 is 0 Å². The van der Waals surface area contributed by atoms with Gasteiger partial charge in [0.15, 0.2) is 5.65 Å². The highest BCUT2D eigenvalue weighted by atomic mass is 32.2. The average Bonchev–Trinajstić information content (AvgIpc) is 3.39. The molecule has 2 aromatic carbocycles. The number of nitrogens with one attached hydrogen (secondary N) is 2. The van der Waals surface area contributed by atoms with Crippen molar-refractivity contribution >= 4 is 40.0 Å². The first kappa shape index (κ1) is 23.4. The Hall–Kier alpha value is -3.32. The second kappa shape index (κ2) is 10.5. The lowest BCUT2D eigenvalue weighted by atomic mass is 10.1. The van der Waals surface area contributed by atoms with Gasteiger partial charge in [-0.15, -0.1) is 0 Å². The van der Waals surface area contributed by atoms with Crippen LogP contribution < -0.4 is 10.6 Å². The van der Waals surface area contributed by atoms with Crippen LogP contribution in [-0.2, 0) is 0 Å². The predicted octanol–water partition coefficient (Wildman–Crippen LogP) is 7.35. The van der Waals surface area contributed by atoms with Crippen LogP contribution in [0.5, 0.6) is 5.75 Å². The SMILES string of the molecule is CC(C)c1ccc2c(Nc3cc(NCC4CCCC4)ccc3Sc3ccc(O)cc3)ncnc2n1. The highest BCUT2D eigenvalue weighted by Gasteiger charge is 2.16. The number of phenols is 1.